The fourth-order valence-corrected chi connectivity index (χ4v) is 2.70. The third kappa shape index (κ3) is 1.79. The standard InChI is InChI=1S/C11H6BrN3OS/c12-9-5-14-10(6-13-9)15-11(16)7-3-1-2-4-8(7)17-15/h1-6H. The summed E-state index contributed by atoms with van der Waals surface area (Å²) in [5.41, 5.74) is -0.0535. The van der Waals surface area contributed by atoms with Gasteiger partial charge in [0, 0.05) is 0 Å². The van der Waals surface area contributed by atoms with E-state index in [1.807, 2.05) is 24.3 Å². The summed E-state index contributed by atoms with van der Waals surface area (Å²) in [5.74, 6) is 0.541. The molecular weight excluding hydrogens is 302 g/mol. The molecule has 0 aliphatic rings. The zero-order valence-electron chi connectivity index (χ0n) is 8.50. The van der Waals surface area contributed by atoms with Crippen molar-refractivity contribution in [3.05, 3.63) is 51.6 Å². The molecule has 2 aromatic heterocycles. The van der Waals surface area contributed by atoms with E-state index in [9.17, 15) is 4.79 Å². The van der Waals surface area contributed by atoms with Crippen LogP contribution in [0.5, 0.6) is 0 Å². The van der Waals surface area contributed by atoms with E-state index in [1.165, 1.54) is 11.5 Å². The fraction of sp³-hybridized carbons (Fsp3) is 0. The molecule has 6 heteroatoms. The Hall–Kier alpha value is -1.53. The van der Waals surface area contributed by atoms with Crippen LogP contribution in [0.3, 0.4) is 0 Å². The minimum atomic E-state index is -0.0535. The van der Waals surface area contributed by atoms with E-state index in [0.717, 1.165) is 4.70 Å². The van der Waals surface area contributed by atoms with Crippen LogP contribution in [0.1, 0.15) is 0 Å². The molecule has 0 spiro atoms. The summed E-state index contributed by atoms with van der Waals surface area (Å²) >= 11 is 4.58. The Morgan fingerprint density at radius 2 is 2.00 bits per heavy atom. The van der Waals surface area contributed by atoms with E-state index in [0.29, 0.717) is 15.8 Å². The van der Waals surface area contributed by atoms with Gasteiger partial charge in [-0.05, 0) is 39.6 Å². The maximum absolute atomic E-state index is 12.1. The van der Waals surface area contributed by atoms with Crippen molar-refractivity contribution in [3.63, 3.8) is 0 Å². The lowest BCUT2D eigenvalue weighted by Gasteiger charge is -1.97. The lowest BCUT2D eigenvalue weighted by Crippen LogP contribution is -2.12. The van der Waals surface area contributed by atoms with E-state index in [-0.39, 0.29) is 5.56 Å². The summed E-state index contributed by atoms with van der Waals surface area (Å²) in [6.45, 7) is 0. The Balaban J connectivity index is 2.27. The molecule has 0 atom stereocenters. The molecule has 0 fully saturated rings. The monoisotopic (exact) mass is 307 g/mol. The highest BCUT2D eigenvalue weighted by Gasteiger charge is 2.09. The zero-order valence-corrected chi connectivity index (χ0v) is 10.9. The molecule has 0 aliphatic carbocycles. The molecule has 4 nitrogen and oxygen atoms in total. The summed E-state index contributed by atoms with van der Waals surface area (Å²) < 4.78 is 3.14. The largest absolute Gasteiger partial charge is 0.274 e. The van der Waals surface area contributed by atoms with Crippen molar-refractivity contribution in [2.75, 3.05) is 0 Å². The van der Waals surface area contributed by atoms with Crippen LogP contribution in [0.25, 0.3) is 15.9 Å². The maximum Gasteiger partial charge on any atom is 0.274 e. The third-order valence-electron chi connectivity index (χ3n) is 2.31. The lowest BCUT2D eigenvalue weighted by molar-refractivity contribution is 1.01. The molecule has 0 N–H and O–H groups in total. The molecule has 0 aliphatic heterocycles. The molecule has 3 aromatic rings. The molecule has 17 heavy (non-hydrogen) atoms. The molecule has 0 radical (unpaired) electrons. The predicted molar refractivity (Wildman–Crippen MR) is 70.7 cm³/mol. The molecule has 3 rings (SSSR count). The summed E-state index contributed by atoms with van der Waals surface area (Å²) in [5, 5.41) is 0.710. The van der Waals surface area contributed by atoms with E-state index in [2.05, 4.69) is 25.9 Å². The lowest BCUT2D eigenvalue weighted by atomic mass is 10.3. The van der Waals surface area contributed by atoms with E-state index < -0.39 is 0 Å². The van der Waals surface area contributed by atoms with Gasteiger partial charge in [0.05, 0.1) is 22.5 Å². The summed E-state index contributed by atoms with van der Waals surface area (Å²) in [4.78, 5) is 20.3. The first kappa shape index (κ1) is 10.6. The summed E-state index contributed by atoms with van der Waals surface area (Å²) in [6, 6.07) is 7.51. The fourth-order valence-electron chi connectivity index (χ4n) is 1.53. The van der Waals surface area contributed by atoms with Gasteiger partial charge < -0.3 is 0 Å². The average molecular weight is 308 g/mol. The van der Waals surface area contributed by atoms with Crippen LogP contribution in [0.15, 0.2) is 46.1 Å². The highest BCUT2D eigenvalue weighted by atomic mass is 79.9. The van der Waals surface area contributed by atoms with Crippen molar-refractivity contribution in [2.45, 2.75) is 0 Å². The number of benzene rings is 1. The minimum Gasteiger partial charge on any atom is -0.267 e. The number of nitrogens with zero attached hydrogens (tertiary/aromatic N) is 3. The molecule has 2 heterocycles. The van der Waals surface area contributed by atoms with E-state index in [1.54, 1.807) is 16.4 Å². The van der Waals surface area contributed by atoms with Gasteiger partial charge in [-0.15, -0.1) is 0 Å². The van der Waals surface area contributed by atoms with Gasteiger partial charge in [0.2, 0.25) is 0 Å². The van der Waals surface area contributed by atoms with Gasteiger partial charge in [0.25, 0.3) is 5.56 Å². The maximum atomic E-state index is 12.1. The average Bonchev–Trinajstić information content (AvgIpc) is 2.69. The van der Waals surface area contributed by atoms with Crippen LogP contribution in [0, 0.1) is 0 Å². The van der Waals surface area contributed by atoms with Crippen molar-refractivity contribution >= 4 is 37.5 Å². The van der Waals surface area contributed by atoms with Crippen LogP contribution < -0.4 is 5.56 Å². The number of fused-ring (bicyclic) bond motifs is 1. The second kappa shape index (κ2) is 4.05. The number of aromatic nitrogens is 3. The van der Waals surface area contributed by atoms with E-state index in [4.69, 9.17) is 0 Å². The quantitative estimate of drug-likeness (QED) is 0.694. The highest BCUT2D eigenvalue weighted by molar-refractivity contribution is 9.10. The smallest absolute Gasteiger partial charge is 0.267 e. The Kier molecular flexibility index (Phi) is 2.53. The topological polar surface area (TPSA) is 47.8 Å². The second-order valence-electron chi connectivity index (χ2n) is 3.38. The first-order valence-corrected chi connectivity index (χ1v) is 6.41. The first-order chi connectivity index (χ1) is 8.25. The van der Waals surface area contributed by atoms with Crippen molar-refractivity contribution in [3.8, 4) is 5.82 Å². The SMILES string of the molecule is O=c1c2ccccc2sn1-c1cnc(Br)cn1. The van der Waals surface area contributed by atoms with Gasteiger partial charge in [-0.3, -0.25) is 4.79 Å². The van der Waals surface area contributed by atoms with Crippen LogP contribution in [0.2, 0.25) is 0 Å². The summed E-state index contributed by atoms with van der Waals surface area (Å²) in [6.07, 6.45) is 3.15. The van der Waals surface area contributed by atoms with Gasteiger partial charge in [0.1, 0.15) is 4.60 Å². The zero-order chi connectivity index (χ0) is 11.8. The predicted octanol–water partition coefficient (Wildman–Crippen LogP) is 2.60. The molecule has 0 saturated carbocycles. The number of hydrogen-bond acceptors (Lipinski definition) is 4. The van der Waals surface area contributed by atoms with Crippen molar-refractivity contribution < 1.29 is 0 Å². The van der Waals surface area contributed by atoms with Crippen LogP contribution in [-0.4, -0.2) is 13.9 Å². The molecule has 0 unspecified atom stereocenters. The number of hydrogen-bond donors (Lipinski definition) is 0. The van der Waals surface area contributed by atoms with Gasteiger partial charge in [-0.2, -0.15) is 0 Å². The van der Waals surface area contributed by atoms with Crippen LogP contribution in [0.4, 0.5) is 0 Å². The van der Waals surface area contributed by atoms with Crippen molar-refractivity contribution in [1.82, 2.24) is 13.9 Å². The summed E-state index contributed by atoms with van der Waals surface area (Å²) in [7, 11) is 0. The number of rotatable bonds is 1. The second-order valence-corrected chi connectivity index (χ2v) is 5.18. The first-order valence-electron chi connectivity index (χ1n) is 4.85. The van der Waals surface area contributed by atoms with Gasteiger partial charge in [0.15, 0.2) is 5.82 Å². The Morgan fingerprint density at radius 3 is 2.71 bits per heavy atom. The van der Waals surface area contributed by atoms with Gasteiger partial charge in [-0.25, -0.2) is 13.9 Å². The van der Waals surface area contributed by atoms with Crippen LogP contribution >= 0.6 is 27.5 Å². The molecule has 0 amide bonds. The van der Waals surface area contributed by atoms with E-state index >= 15 is 0 Å². The molecule has 0 bridgehead atoms. The molecule has 0 saturated heterocycles. The van der Waals surface area contributed by atoms with Crippen LogP contribution in [-0.2, 0) is 0 Å². The molecular formula is C11H6BrN3OS. The van der Waals surface area contributed by atoms with Crippen molar-refractivity contribution in [1.29, 1.82) is 0 Å². The third-order valence-corrected chi connectivity index (χ3v) is 3.80. The minimum absolute atomic E-state index is 0.0535. The van der Waals surface area contributed by atoms with Crippen molar-refractivity contribution in [2.24, 2.45) is 0 Å². The Morgan fingerprint density at radius 1 is 1.18 bits per heavy atom. The Bertz CT molecular complexity index is 732. The number of halogens is 1. The Labute approximate surface area is 109 Å². The highest BCUT2D eigenvalue weighted by Crippen LogP contribution is 2.18. The van der Waals surface area contributed by atoms with Gasteiger partial charge >= 0.3 is 0 Å². The normalized spacial score (nSPS) is 10.9. The van der Waals surface area contributed by atoms with Gasteiger partial charge in [-0.1, -0.05) is 12.1 Å². The molecule has 84 valence electrons. The molecule has 1 aromatic carbocycles.